The van der Waals surface area contributed by atoms with Crippen LogP contribution in [0.25, 0.3) is 11.1 Å². The van der Waals surface area contributed by atoms with Gasteiger partial charge in [-0.05, 0) is 60.0 Å². The van der Waals surface area contributed by atoms with Gasteiger partial charge in [0.1, 0.15) is 5.82 Å². The van der Waals surface area contributed by atoms with Gasteiger partial charge < -0.3 is 5.32 Å². The Labute approximate surface area is 128 Å². The Morgan fingerprint density at radius 2 is 1.75 bits per heavy atom. The molecule has 0 spiro atoms. The fraction of sp³-hybridized carbons (Fsp3) is 0.250. The first-order chi connectivity index (χ1) is 9.60. The summed E-state index contributed by atoms with van der Waals surface area (Å²) in [5.41, 5.74) is 2.74. The van der Waals surface area contributed by atoms with E-state index in [4.69, 9.17) is 23.2 Å². The molecule has 2 aromatic carbocycles. The summed E-state index contributed by atoms with van der Waals surface area (Å²) in [6.07, 6.45) is 1.04. The largest absolute Gasteiger partial charge is 0.313 e. The van der Waals surface area contributed by atoms with E-state index in [1.807, 2.05) is 12.1 Å². The summed E-state index contributed by atoms with van der Waals surface area (Å²) in [6, 6.07) is 10.1. The average molecular weight is 312 g/mol. The topological polar surface area (TPSA) is 12.0 Å². The molecule has 20 heavy (non-hydrogen) atoms. The molecule has 0 aliphatic heterocycles. The molecule has 0 saturated heterocycles. The second-order valence-corrected chi connectivity index (χ2v) is 5.51. The zero-order valence-corrected chi connectivity index (χ0v) is 12.7. The number of hydrogen-bond donors (Lipinski definition) is 1. The minimum Gasteiger partial charge on any atom is -0.313 e. The van der Waals surface area contributed by atoms with Gasteiger partial charge in [-0.3, -0.25) is 0 Å². The van der Waals surface area contributed by atoms with Gasteiger partial charge in [0.15, 0.2) is 0 Å². The van der Waals surface area contributed by atoms with E-state index in [1.54, 1.807) is 18.2 Å². The summed E-state index contributed by atoms with van der Waals surface area (Å²) in [6.45, 7) is 3.60. The Morgan fingerprint density at radius 3 is 2.40 bits per heavy atom. The molecule has 0 fully saturated rings. The first-order valence-electron chi connectivity index (χ1n) is 6.55. The van der Waals surface area contributed by atoms with E-state index >= 15 is 0 Å². The number of halogens is 3. The van der Waals surface area contributed by atoms with Crippen molar-refractivity contribution in [3.05, 3.63) is 57.8 Å². The van der Waals surface area contributed by atoms with Crippen LogP contribution < -0.4 is 5.32 Å². The SMILES string of the molecule is CCCNCc1cc(F)ccc1-c1cc(Cl)cc(Cl)c1. The molecule has 0 saturated carbocycles. The number of rotatable bonds is 5. The van der Waals surface area contributed by atoms with Crippen LogP contribution in [0.2, 0.25) is 10.0 Å². The maximum Gasteiger partial charge on any atom is 0.123 e. The fourth-order valence-electron chi connectivity index (χ4n) is 2.10. The molecule has 0 unspecified atom stereocenters. The summed E-state index contributed by atoms with van der Waals surface area (Å²) in [7, 11) is 0. The van der Waals surface area contributed by atoms with Crippen molar-refractivity contribution in [3.8, 4) is 11.1 Å². The summed E-state index contributed by atoms with van der Waals surface area (Å²) in [5, 5.41) is 4.43. The van der Waals surface area contributed by atoms with Crippen LogP contribution in [-0.4, -0.2) is 6.54 Å². The van der Waals surface area contributed by atoms with Gasteiger partial charge in [-0.15, -0.1) is 0 Å². The molecule has 2 aromatic rings. The molecule has 0 bridgehead atoms. The van der Waals surface area contributed by atoms with E-state index in [1.165, 1.54) is 6.07 Å². The van der Waals surface area contributed by atoms with Crippen LogP contribution in [0.5, 0.6) is 0 Å². The van der Waals surface area contributed by atoms with Gasteiger partial charge in [0.2, 0.25) is 0 Å². The molecule has 1 N–H and O–H groups in total. The molecule has 0 aromatic heterocycles. The number of benzene rings is 2. The first-order valence-corrected chi connectivity index (χ1v) is 7.31. The van der Waals surface area contributed by atoms with E-state index in [2.05, 4.69) is 12.2 Å². The number of nitrogens with one attached hydrogen (secondary N) is 1. The molecule has 0 radical (unpaired) electrons. The van der Waals surface area contributed by atoms with Crippen molar-refractivity contribution in [1.29, 1.82) is 0 Å². The van der Waals surface area contributed by atoms with Crippen LogP contribution in [0.15, 0.2) is 36.4 Å². The smallest absolute Gasteiger partial charge is 0.123 e. The second kappa shape index (κ2) is 7.07. The van der Waals surface area contributed by atoms with Gasteiger partial charge in [0.05, 0.1) is 0 Å². The second-order valence-electron chi connectivity index (χ2n) is 4.64. The van der Waals surface area contributed by atoms with Gasteiger partial charge in [0, 0.05) is 16.6 Å². The van der Waals surface area contributed by atoms with Crippen molar-refractivity contribution in [3.63, 3.8) is 0 Å². The van der Waals surface area contributed by atoms with Gasteiger partial charge in [-0.1, -0.05) is 36.2 Å². The Kier molecular flexibility index (Phi) is 5.41. The lowest BCUT2D eigenvalue weighted by molar-refractivity contribution is 0.619. The molecule has 0 aliphatic rings. The predicted octanol–water partition coefficient (Wildman–Crippen LogP) is 5.30. The van der Waals surface area contributed by atoms with Crippen molar-refractivity contribution in [1.82, 2.24) is 5.32 Å². The van der Waals surface area contributed by atoms with Gasteiger partial charge in [0.25, 0.3) is 0 Å². The Bertz CT molecular complexity index is 579. The zero-order valence-electron chi connectivity index (χ0n) is 11.2. The van der Waals surface area contributed by atoms with E-state index in [-0.39, 0.29) is 5.82 Å². The van der Waals surface area contributed by atoms with Crippen LogP contribution >= 0.6 is 23.2 Å². The van der Waals surface area contributed by atoms with E-state index < -0.39 is 0 Å². The van der Waals surface area contributed by atoms with Crippen LogP contribution in [0.1, 0.15) is 18.9 Å². The highest BCUT2D eigenvalue weighted by Gasteiger charge is 2.08. The summed E-state index contributed by atoms with van der Waals surface area (Å²) >= 11 is 12.1. The molecule has 0 aliphatic carbocycles. The molecule has 1 nitrogen and oxygen atoms in total. The quantitative estimate of drug-likeness (QED) is 0.739. The minimum atomic E-state index is -0.241. The highest BCUT2D eigenvalue weighted by atomic mass is 35.5. The van der Waals surface area contributed by atoms with E-state index in [9.17, 15) is 4.39 Å². The van der Waals surface area contributed by atoms with E-state index in [0.29, 0.717) is 16.6 Å². The summed E-state index contributed by atoms with van der Waals surface area (Å²) in [4.78, 5) is 0. The summed E-state index contributed by atoms with van der Waals surface area (Å²) < 4.78 is 13.5. The average Bonchev–Trinajstić information content (AvgIpc) is 2.38. The van der Waals surface area contributed by atoms with Crippen molar-refractivity contribution in [2.45, 2.75) is 19.9 Å². The molecular formula is C16H16Cl2FN. The Hall–Kier alpha value is -1.09. The molecule has 106 valence electrons. The third kappa shape index (κ3) is 3.95. The van der Waals surface area contributed by atoms with Crippen LogP contribution in [0.3, 0.4) is 0 Å². The molecule has 2 rings (SSSR count). The molecular weight excluding hydrogens is 296 g/mol. The third-order valence-corrected chi connectivity index (χ3v) is 3.42. The number of hydrogen-bond acceptors (Lipinski definition) is 1. The standard InChI is InChI=1S/C16H16Cl2FN/c1-2-5-20-10-12-8-15(19)3-4-16(12)11-6-13(17)9-14(18)7-11/h3-4,6-9,20H,2,5,10H2,1H3. The van der Waals surface area contributed by atoms with Crippen LogP contribution in [0, 0.1) is 5.82 Å². The van der Waals surface area contributed by atoms with Crippen molar-refractivity contribution >= 4 is 23.2 Å². The first kappa shape index (κ1) is 15.3. The fourth-order valence-corrected chi connectivity index (χ4v) is 2.63. The lowest BCUT2D eigenvalue weighted by Crippen LogP contribution is -2.14. The van der Waals surface area contributed by atoms with E-state index in [0.717, 1.165) is 29.7 Å². The molecule has 0 atom stereocenters. The molecule has 0 heterocycles. The lowest BCUT2D eigenvalue weighted by atomic mass is 9.99. The Morgan fingerprint density at radius 1 is 1.05 bits per heavy atom. The van der Waals surface area contributed by atoms with Gasteiger partial charge in [-0.25, -0.2) is 4.39 Å². The highest BCUT2D eigenvalue weighted by molar-refractivity contribution is 6.35. The van der Waals surface area contributed by atoms with Crippen molar-refractivity contribution < 1.29 is 4.39 Å². The maximum atomic E-state index is 13.5. The Balaban J connectivity index is 2.39. The van der Waals surface area contributed by atoms with Crippen LogP contribution in [-0.2, 0) is 6.54 Å². The lowest BCUT2D eigenvalue weighted by Gasteiger charge is -2.12. The van der Waals surface area contributed by atoms with Crippen LogP contribution in [0.4, 0.5) is 4.39 Å². The zero-order chi connectivity index (χ0) is 14.5. The molecule has 4 heteroatoms. The van der Waals surface area contributed by atoms with Gasteiger partial charge >= 0.3 is 0 Å². The minimum absolute atomic E-state index is 0.241. The highest BCUT2D eigenvalue weighted by Crippen LogP contribution is 2.30. The van der Waals surface area contributed by atoms with Crippen molar-refractivity contribution in [2.75, 3.05) is 6.54 Å². The summed E-state index contributed by atoms with van der Waals surface area (Å²) in [5.74, 6) is -0.241. The monoisotopic (exact) mass is 311 g/mol. The predicted molar refractivity (Wildman–Crippen MR) is 83.9 cm³/mol. The van der Waals surface area contributed by atoms with Gasteiger partial charge in [-0.2, -0.15) is 0 Å². The third-order valence-electron chi connectivity index (χ3n) is 2.98. The molecule has 0 amide bonds. The normalized spacial score (nSPS) is 10.8. The van der Waals surface area contributed by atoms with Crippen molar-refractivity contribution in [2.24, 2.45) is 0 Å². The maximum absolute atomic E-state index is 13.5.